The molecule has 2 N–H and O–H groups in total. The van der Waals surface area contributed by atoms with Gasteiger partial charge in [0.1, 0.15) is 5.75 Å². The van der Waals surface area contributed by atoms with Crippen molar-refractivity contribution in [2.75, 3.05) is 11.9 Å². The number of amides is 1. The Hall–Kier alpha value is -0.970. The van der Waals surface area contributed by atoms with Crippen molar-refractivity contribution in [3.8, 4) is 5.75 Å². The van der Waals surface area contributed by atoms with Gasteiger partial charge in [0.25, 0.3) is 0 Å². The molecule has 1 aliphatic heterocycles. The van der Waals surface area contributed by atoms with E-state index in [9.17, 15) is 4.79 Å². The SMILES string of the molecule is CC(C)Oc1ccc(NC(=O)C2(C)CCCCN2)cc1Cl.Cl. The van der Waals surface area contributed by atoms with Crippen molar-refractivity contribution in [3.05, 3.63) is 23.2 Å². The number of nitrogens with one attached hydrogen (secondary N) is 2. The number of rotatable bonds is 4. The number of hydrogen-bond donors (Lipinski definition) is 2. The Bertz CT molecular complexity index is 515. The first kappa shape index (κ1) is 19.1. The lowest BCUT2D eigenvalue weighted by molar-refractivity contribution is -0.122. The molecule has 1 amide bonds. The minimum absolute atomic E-state index is 0. The minimum atomic E-state index is -0.502. The van der Waals surface area contributed by atoms with Crippen molar-refractivity contribution in [2.24, 2.45) is 0 Å². The predicted octanol–water partition coefficient (Wildman–Crippen LogP) is 4.02. The molecule has 0 radical (unpaired) electrons. The summed E-state index contributed by atoms with van der Waals surface area (Å²) in [6.07, 6.45) is 3.10. The number of carbonyl (C=O) groups is 1. The number of piperidine rings is 1. The first-order valence-electron chi connectivity index (χ1n) is 7.43. The van der Waals surface area contributed by atoms with Gasteiger partial charge in [-0.3, -0.25) is 4.79 Å². The summed E-state index contributed by atoms with van der Waals surface area (Å²) < 4.78 is 5.58. The van der Waals surface area contributed by atoms with E-state index in [0.29, 0.717) is 16.5 Å². The number of hydrogen-bond acceptors (Lipinski definition) is 3. The molecule has 0 aromatic heterocycles. The molecule has 1 aromatic carbocycles. The highest BCUT2D eigenvalue weighted by atomic mass is 35.5. The number of ether oxygens (including phenoxy) is 1. The van der Waals surface area contributed by atoms with Crippen LogP contribution in [0.1, 0.15) is 40.0 Å². The summed E-state index contributed by atoms with van der Waals surface area (Å²) in [6, 6.07) is 5.33. The van der Waals surface area contributed by atoms with Gasteiger partial charge in [-0.25, -0.2) is 0 Å². The van der Waals surface area contributed by atoms with Crippen LogP contribution in [-0.2, 0) is 4.79 Å². The van der Waals surface area contributed by atoms with Crippen LogP contribution in [0.4, 0.5) is 5.69 Å². The van der Waals surface area contributed by atoms with Crippen LogP contribution < -0.4 is 15.4 Å². The smallest absolute Gasteiger partial charge is 0.244 e. The Morgan fingerprint density at radius 3 is 2.68 bits per heavy atom. The number of halogens is 2. The van der Waals surface area contributed by atoms with Crippen molar-refractivity contribution in [1.82, 2.24) is 5.32 Å². The summed E-state index contributed by atoms with van der Waals surface area (Å²) in [5.41, 5.74) is 0.187. The van der Waals surface area contributed by atoms with Crippen LogP contribution in [0, 0.1) is 0 Å². The second kappa shape index (κ2) is 8.04. The van der Waals surface area contributed by atoms with E-state index < -0.39 is 5.54 Å². The lowest BCUT2D eigenvalue weighted by atomic mass is 9.90. The Morgan fingerprint density at radius 1 is 1.41 bits per heavy atom. The third-order valence-electron chi connectivity index (χ3n) is 3.67. The maximum atomic E-state index is 12.4. The second-order valence-electron chi connectivity index (χ2n) is 5.98. The van der Waals surface area contributed by atoms with E-state index in [1.807, 2.05) is 26.8 Å². The van der Waals surface area contributed by atoms with Gasteiger partial charge >= 0.3 is 0 Å². The van der Waals surface area contributed by atoms with Crippen LogP contribution in [0.15, 0.2) is 18.2 Å². The fourth-order valence-corrected chi connectivity index (χ4v) is 2.67. The van der Waals surface area contributed by atoms with Crippen LogP contribution >= 0.6 is 24.0 Å². The molecule has 0 saturated carbocycles. The van der Waals surface area contributed by atoms with E-state index in [1.54, 1.807) is 12.1 Å². The van der Waals surface area contributed by atoms with E-state index in [-0.39, 0.29) is 24.4 Å². The fraction of sp³-hybridized carbons (Fsp3) is 0.562. The van der Waals surface area contributed by atoms with Gasteiger partial charge in [-0.2, -0.15) is 0 Å². The quantitative estimate of drug-likeness (QED) is 0.865. The molecule has 2 rings (SSSR count). The highest BCUT2D eigenvalue weighted by Gasteiger charge is 2.34. The molecule has 1 saturated heterocycles. The fourth-order valence-electron chi connectivity index (χ4n) is 2.45. The summed E-state index contributed by atoms with van der Waals surface area (Å²) in [5, 5.41) is 6.73. The third-order valence-corrected chi connectivity index (χ3v) is 3.97. The van der Waals surface area contributed by atoms with Crippen molar-refractivity contribution in [2.45, 2.75) is 51.7 Å². The maximum absolute atomic E-state index is 12.4. The van der Waals surface area contributed by atoms with E-state index in [4.69, 9.17) is 16.3 Å². The monoisotopic (exact) mass is 346 g/mol. The molecule has 4 nitrogen and oxygen atoms in total. The minimum Gasteiger partial charge on any atom is -0.489 e. The number of anilines is 1. The molecule has 0 aliphatic carbocycles. The lowest BCUT2D eigenvalue weighted by Crippen LogP contribution is -2.54. The largest absolute Gasteiger partial charge is 0.489 e. The van der Waals surface area contributed by atoms with E-state index >= 15 is 0 Å². The molecule has 1 aliphatic rings. The number of carbonyl (C=O) groups excluding carboxylic acids is 1. The molecular weight excluding hydrogens is 323 g/mol. The van der Waals surface area contributed by atoms with Crippen LogP contribution in [0.5, 0.6) is 5.75 Å². The highest BCUT2D eigenvalue weighted by molar-refractivity contribution is 6.32. The summed E-state index contributed by atoms with van der Waals surface area (Å²) >= 11 is 6.19. The first-order chi connectivity index (χ1) is 9.90. The number of benzene rings is 1. The molecule has 1 aromatic rings. The van der Waals surface area contributed by atoms with Crippen LogP contribution in [-0.4, -0.2) is 24.1 Å². The Kier molecular flexibility index (Phi) is 6.98. The van der Waals surface area contributed by atoms with E-state index in [0.717, 1.165) is 25.8 Å². The van der Waals surface area contributed by atoms with Gasteiger partial charge in [0, 0.05) is 5.69 Å². The zero-order valence-corrected chi connectivity index (χ0v) is 14.8. The normalized spacial score (nSPS) is 21.1. The van der Waals surface area contributed by atoms with Gasteiger partial charge in [-0.15, -0.1) is 12.4 Å². The van der Waals surface area contributed by atoms with Crippen molar-refractivity contribution >= 4 is 35.6 Å². The molecule has 6 heteroatoms. The molecular formula is C16H24Cl2N2O2. The summed E-state index contributed by atoms with van der Waals surface area (Å²) in [7, 11) is 0. The molecule has 124 valence electrons. The molecule has 22 heavy (non-hydrogen) atoms. The van der Waals surface area contributed by atoms with Crippen molar-refractivity contribution < 1.29 is 9.53 Å². The second-order valence-corrected chi connectivity index (χ2v) is 6.39. The van der Waals surface area contributed by atoms with Crippen LogP contribution in [0.25, 0.3) is 0 Å². The van der Waals surface area contributed by atoms with Gasteiger partial charge in [-0.1, -0.05) is 11.6 Å². The third kappa shape index (κ3) is 4.77. The van der Waals surface area contributed by atoms with Crippen molar-refractivity contribution in [1.29, 1.82) is 0 Å². The summed E-state index contributed by atoms with van der Waals surface area (Å²) in [5.74, 6) is 0.613. The molecule has 1 fully saturated rings. The predicted molar refractivity (Wildman–Crippen MR) is 93.4 cm³/mol. The molecule has 1 atom stereocenters. The van der Waals surface area contributed by atoms with Gasteiger partial charge < -0.3 is 15.4 Å². The van der Waals surface area contributed by atoms with Gasteiger partial charge in [0.2, 0.25) is 5.91 Å². The zero-order chi connectivity index (χ0) is 15.5. The first-order valence-corrected chi connectivity index (χ1v) is 7.81. The summed E-state index contributed by atoms with van der Waals surface area (Å²) in [4.78, 5) is 12.4. The Balaban J connectivity index is 0.00000242. The Labute approximate surface area is 143 Å². The average Bonchev–Trinajstić information content (AvgIpc) is 2.42. The highest BCUT2D eigenvalue weighted by Crippen LogP contribution is 2.29. The molecule has 1 unspecified atom stereocenters. The molecule has 0 bridgehead atoms. The van der Waals surface area contributed by atoms with E-state index in [2.05, 4.69) is 10.6 Å². The summed E-state index contributed by atoms with van der Waals surface area (Å²) in [6.45, 7) is 6.72. The average molecular weight is 347 g/mol. The van der Waals surface area contributed by atoms with E-state index in [1.165, 1.54) is 0 Å². The zero-order valence-electron chi connectivity index (χ0n) is 13.2. The molecule has 0 spiro atoms. The van der Waals surface area contributed by atoms with Gasteiger partial charge in [-0.05, 0) is 64.8 Å². The van der Waals surface area contributed by atoms with Gasteiger partial charge in [0.15, 0.2) is 0 Å². The maximum Gasteiger partial charge on any atom is 0.244 e. The van der Waals surface area contributed by atoms with Crippen LogP contribution in [0.2, 0.25) is 5.02 Å². The standard InChI is InChI=1S/C16H23ClN2O2.ClH/c1-11(2)21-14-7-6-12(10-13(14)17)19-15(20)16(3)8-4-5-9-18-16;/h6-7,10-11,18H,4-5,8-9H2,1-3H3,(H,19,20);1H. The topological polar surface area (TPSA) is 50.4 Å². The Morgan fingerprint density at radius 2 is 2.14 bits per heavy atom. The van der Waals surface area contributed by atoms with Crippen LogP contribution in [0.3, 0.4) is 0 Å². The van der Waals surface area contributed by atoms with Gasteiger partial charge in [0.05, 0.1) is 16.7 Å². The lowest BCUT2D eigenvalue weighted by Gasteiger charge is -2.33. The van der Waals surface area contributed by atoms with Crippen molar-refractivity contribution in [3.63, 3.8) is 0 Å². The molecule has 1 heterocycles.